The Morgan fingerprint density at radius 2 is 2.05 bits per heavy atom. The van der Waals surface area contributed by atoms with Gasteiger partial charge in [0.25, 0.3) is 5.91 Å². The predicted molar refractivity (Wildman–Crippen MR) is 78.3 cm³/mol. The van der Waals surface area contributed by atoms with Crippen molar-refractivity contribution < 1.29 is 4.79 Å². The number of hydrogen-bond donors (Lipinski definition) is 0. The molecule has 3 nitrogen and oxygen atoms in total. The van der Waals surface area contributed by atoms with E-state index in [4.69, 9.17) is 11.6 Å². The Kier molecular flexibility index (Phi) is 2.92. The highest BCUT2D eigenvalue weighted by atomic mass is 35.5. The van der Waals surface area contributed by atoms with Gasteiger partial charge >= 0.3 is 0 Å². The van der Waals surface area contributed by atoms with Crippen LogP contribution in [0, 0.1) is 13.8 Å². The molecular weight excluding hydrogens is 280 g/mol. The summed E-state index contributed by atoms with van der Waals surface area (Å²) < 4.78 is 2.42. The van der Waals surface area contributed by atoms with E-state index in [1.54, 1.807) is 0 Å². The summed E-state index contributed by atoms with van der Waals surface area (Å²) in [5.74, 6) is -0.170. The van der Waals surface area contributed by atoms with E-state index in [2.05, 4.69) is 5.10 Å². The average molecular weight is 291 g/mol. The highest BCUT2D eigenvalue weighted by Crippen LogP contribution is 2.35. The molecule has 0 aliphatic carbocycles. The third kappa shape index (κ3) is 1.97. The van der Waals surface area contributed by atoms with Crippen molar-refractivity contribution in [1.29, 1.82) is 0 Å². The summed E-state index contributed by atoms with van der Waals surface area (Å²) in [7, 11) is 0. The summed E-state index contributed by atoms with van der Waals surface area (Å²) in [5.41, 5.74) is 1.64. The fourth-order valence-corrected chi connectivity index (χ4v) is 3.52. The first-order valence-corrected chi connectivity index (χ1v) is 7.02. The molecule has 96 valence electrons. The van der Waals surface area contributed by atoms with Gasteiger partial charge in [0.15, 0.2) is 0 Å². The van der Waals surface area contributed by atoms with Crippen LogP contribution in [0.3, 0.4) is 0 Å². The van der Waals surface area contributed by atoms with Crippen LogP contribution in [0.2, 0.25) is 5.02 Å². The minimum atomic E-state index is -0.170. The first-order valence-electron chi connectivity index (χ1n) is 5.83. The number of carbonyl (C=O) groups is 1. The molecule has 3 rings (SSSR count). The number of aryl methyl sites for hydroxylation is 2. The molecule has 2 heterocycles. The molecule has 19 heavy (non-hydrogen) atoms. The molecule has 5 heteroatoms. The summed E-state index contributed by atoms with van der Waals surface area (Å²) in [6.45, 7) is 3.72. The van der Waals surface area contributed by atoms with Gasteiger partial charge in [0.1, 0.15) is 4.88 Å². The van der Waals surface area contributed by atoms with Crippen molar-refractivity contribution in [2.24, 2.45) is 0 Å². The van der Waals surface area contributed by atoms with Crippen LogP contribution in [0.5, 0.6) is 0 Å². The SMILES string of the molecule is Cc1cc(C)n(C(=O)c2sc3ccccc3c2Cl)n1. The molecule has 2 aromatic heterocycles. The van der Waals surface area contributed by atoms with Crippen LogP contribution < -0.4 is 0 Å². The van der Waals surface area contributed by atoms with Gasteiger partial charge in [0.2, 0.25) is 0 Å². The van der Waals surface area contributed by atoms with Gasteiger partial charge < -0.3 is 0 Å². The van der Waals surface area contributed by atoms with Crippen LogP contribution in [-0.2, 0) is 0 Å². The summed E-state index contributed by atoms with van der Waals surface area (Å²) in [4.78, 5) is 13.0. The molecule has 0 radical (unpaired) electrons. The summed E-state index contributed by atoms with van der Waals surface area (Å²) in [5, 5.41) is 5.64. The van der Waals surface area contributed by atoms with Crippen molar-refractivity contribution in [2.75, 3.05) is 0 Å². The summed E-state index contributed by atoms with van der Waals surface area (Å²) in [6, 6.07) is 9.61. The number of rotatable bonds is 1. The molecule has 0 aliphatic heterocycles. The maximum atomic E-state index is 12.5. The van der Waals surface area contributed by atoms with E-state index >= 15 is 0 Å². The Hall–Kier alpha value is -1.65. The number of aromatic nitrogens is 2. The molecule has 0 saturated carbocycles. The van der Waals surface area contributed by atoms with Gasteiger partial charge in [0, 0.05) is 15.8 Å². The summed E-state index contributed by atoms with van der Waals surface area (Å²) in [6.07, 6.45) is 0. The molecule has 0 N–H and O–H groups in total. The number of nitrogens with zero attached hydrogens (tertiary/aromatic N) is 2. The molecule has 0 fully saturated rings. The Bertz CT molecular complexity index is 788. The third-order valence-corrected chi connectivity index (χ3v) is 4.59. The van der Waals surface area contributed by atoms with Crippen molar-refractivity contribution in [3.63, 3.8) is 0 Å². The lowest BCUT2D eigenvalue weighted by Crippen LogP contribution is -2.14. The van der Waals surface area contributed by atoms with Crippen molar-refractivity contribution >= 4 is 38.9 Å². The molecule has 0 amide bonds. The van der Waals surface area contributed by atoms with Crippen LogP contribution in [0.25, 0.3) is 10.1 Å². The molecule has 0 bridgehead atoms. The van der Waals surface area contributed by atoms with Gasteiger partial charge in [-0.05, 0) is 26.0 Å². The van der Waals surface area contributed by atoms with Gasteiger partial charge in [-0.15, -0.1) is 11.3 Å². The Morgan fingerprint density at radius 1 is 1.32 bits per heavy atom. The van der Waals surface area contributed by atoms with Crippen LogP contribution in [0.4, 0.5) is 0 Å². The van der Waals surface area contributed by atoms with Gasteiger partial charge in [-0.25, -0.2) is 4.68 Å². The van der Waals surface area contributed by atoms with E-state index in [0.717, 1.165) is 21.5 Å². The van der Waals surface area contributed by atoms with Gasteiger partial charge in [-0.2, -0.15) is 5.10 Å². The number of fused-ring (bicyclic) bond motifs is 1. The van der Waals surface area contributed by atoms with Gasteiger partial charge in [0.05, 0.1) is 10.7 Å². The number of halogens is 1. The number of hydrogen-bond acceptors (Lipinski definition) is 3. The van der Waals surface area contributed by atoms with E-state index in [9.17, 15) is 4.79 Å². The lowest BCUT2D eigenvalue weighted by atomic mass is 10.2. The van der Waals surface area contributed by atoms with Crippen LogP contribution in [-0.4, -0.2) is 15.7 Å². The number of thiophene rings is 1. The van der Waals surface area contributed by atoms with Crippen molar-refractivity contribution in [3.8, 4) is 0 Å². The Morgan fingerprint density at radius 3 is 2.68 bits per heavy atom. The molecular formula is C14H11ClN2OS. The smallest absolute Gasteiger partial charge is 0.266 e. The zero-order valence-electron chi connectivity index (χ0n) is 10.5. The topological polar surface area (TPSA) is 34.9 Å². The number of carbonyl (C=O) groups excluding carboxylic acids is 1. The third-order valence-electron chi connectivity index (χ3n) is 2.93. The normalized spacial score (nSPS) is 11.1. The molecule has 1 aromatic carbocycles. The zero-order chi connectivity index (χ0) is 13.6. The van der Waals surface area contributed by atoms with Crippen molar-refractivity contribution in [2.45, 2.75) is 13.8 Å². The van der Waals surface area contributed by atoms with Crippen LogP contribution >= 0.6 is 22.9 Å². The Labute approximate surface area is 119 Å². The monoisotopic (exact) mass is 290 g/mol. The molecule has 3 aromatic rings. The van der Waals surface area contributed by atoms with Gasteiger partial charge in [-0.3, -0.25) is 4.79 Å². The molecule has 0 aliphatic rings. The largest absolute Gasteiger partial charge is 0.290 e. The molecule has 0 atom stereocenters. The second-order valence-electron chi connectivity index (χ2n) is 4.39. The standard InChI is InChI=1S/C14H11ClN2OS/c1-8-7-9(2)17(16-8)14(18)13-12(15)10-5-3-4-6-11(10)19-13/h3-7H,1-2H3. The minimum Gasteiger partial charge on any atom is -0.266 e. The second-order valence-corrected chi connectivity index (χ2v) is 5.82. The van der Waals surface area contributed by atoms with Gasteiger partial charge in [-0.1, -0.05) is 29.8 Å². The number of benzene rings is 1. The van der Waals surface area contributed by atoms with E-state index in [0.29, 0.717) is 9.90 Å². The fraction of sp³-hybridized carbons (Fsp3) is 0.143. The lowest BCUT2D eigenvalue weighted by molar-refractivity contribution is 0.0946. The van der Waals surface area contributed by atoms with E-state index in [1.807, 2.05) is 44.2 Å². The average Bonchev–Trinajstić information content (AvgIpc) is 2.90. The first kappa shape index (κ1) is 12.4. The maximum absolute atomic E-state index is 12.5. The highest BCUT2D eigenvalue weighted by Gasteiger charge is 2.20. The van der Waals surface area contributed by atoms with Crippen molar-refractivity contribution in [3.05, 3.63) is 51.6 Å². The molecule has 0 spiro atoms. The maximum Gasteiger partial charge on any atom is 0.290 e. The van der Waals surface area contributed by atoms with E-state index < -0.39 is 0 Å². The summed E-state index contributed by atoms with van der Waals surface area (Å²) >= 11 is 7.71. The minimum absolute atomic E-state index is 0.170. The van der Waals surface area contributed by atoms with E-state index in [1.165, 1.54) is 16.0 Å². The van der Waals surface area contributed by atoms with Crippen LogP contribution in [0.15, 0.2) is 30.3 Å². The van der Waals surface area contributed by atoms with Crippen molar-refractivity contribution in [1.82, 2.24) is 9.78 Å². The quantitative estimate of drug-likeness (QED) is 0.677. The highest BCUT2D eigenvalue weighted by molar-refractivity contribution is 7.21. The van der Waals surface area contributed by atoms with Crippen LogP contribution in [0.1, 0.15) is 21.1 Å². The predicted octanol–water partition coefficient (Wildman–Crippen LogP) is 4.06. The van der Waals surface area contributed by atoms with E-state index in [-0.39, 0.29) is 5.91 Å². The lowest BCUT2D eigenvalue weighted by Gasteiger charge is -2.00. The first-order chi connectivity index (χ1) is 9.08. The fourth-order valence-electron chi connectivity index (χ4n) is 2.08. The Balaban J connectivity index is 2.17. The molecule has 0 unspecified atom stereocenters. The zero-order valence-corrected chi connectivity index (χ0v) is 12.0. The second kappa shape index (κ2) is 4.47. The molecule has 0 saturated heterocycles.